The summed E-state index contributed by atoms with van der Waals surface area (Å²) in [5.41, 5.74) is 0.0880. The minimum Gasteiger partial charge on any atom is -0.481 e. The molecule has 7 heteroatoms. The van der Waals surface area contributed by atoms with Crippen LogP contribution in [0.3, 0.4) is 0 Å². The van der Waals surface area contributed by atoms with Crippen LogP contribution in [0.15, 0.2) is 16.6 Å². The normalized spacial score (nSPS) is 26.2. The molecular formula is C16H18BrFN2O3. The number of amides is 2. The summed E-state index contributed by atoms with van der Waals surface area (Å²) in [5.74, 6) is -1.37. The minimum absolute atomic E-state index is 0.0118. The van der Waals surface area contributed by atoms with Crippen LogP contribution in [0.1, 0.15) is 24.8 Å². The average Bonchev–Trinajstić information content (AvgIpc) is 3.02. The maximum atomic E-state index is 14.0. The van der Waals surface area contributed by atoms with Gasteiger partial charge in [-0.05, 0) is 43.4 Å². The largest absolute Gasteiger partial charge is 0.481 e. The maximum Gasteiger partial charge on any atom is 0.321 e. The van der Waals surface area contributed by atoms with E-state index in [4.69, 9.17) is 0 Å². The van der Waals surface area contributed by atoms with Crippen molar-refractivity contribution in [2.45, 2.75) is 26.2 Å². The summed E-state index contributed by atoms with van der Waals surface area (Å²) >= 11 is 3.24. The van der Waals surface area contributed by atoms with Crippen molar-refractivity contribution in [3.05, 3.63) is 28.0 Å². The van der Waals surface area contributed by atoms with Crippen LogP contribution in [-0.2, 0) is 4.79 Å². The number of likely N-dealkylation sites (tertiary alicyclic amines) is 1. The molecule has 2 amide bonds. The molecule has 124 valence electrons. The summed E-state index contributed by atoms with van der Waals surface area (Å²) in [6.07, 6.45) is 2.30. The van der Waals surface area contributed by atoms with E-state index >= 15 is 0 Å². The summed E-state index contributed by atoms with van der Waals surface area (Å²) in [6, 6.07) is 2.42. The molecule has 1 heterocycles. The summed E-state index contributed by atoms with van der Waals surface area (Å²) in [4.78, 5) is 25.5. The number of carboxylic acid groups (broad SMARTS) is 1. The number of nitrogens with zero attached hydrogens (tertiary/aromatic N) is 1. The standard InChI is InChI=1S/C16H18BrFN2O3/c1-9-5-13(12(18)6-11(9)17)19-15(23)20-7-10-3-2-4-16(10,8-20)14(21)22/h5-6,10H,2-4,7-8H2,1H3,(H,19,23)(H,21,22)/t10-,16+/m0/s1. The van der Waals surface area contributed by atoms with E-state index in [2.05, 4.69) is 21.2 Å². The molecule has 2 fully saturated rings. The molecular weight excluding hydrogens is 367 g/mol. The molecule has 1 saturated heterocycles. The first kappa shape index (κ1) is 16.2. The maximum absolute atomic E-state index is 14.0. The molecule has 23 heavy (non-hydrogen) atoms. The van der Waals surface area contributed by atoms with Crippen molar-refractivity contribution in [1.29, 1.82) is 0 Å². The number of aliphatic carboxylic acids is 1. The van der Waals surface area contributed by atoms with Gasteiger partial charge in [-0.25, -0.2) is 9.18 Å². The second-order valence-electron chi connectivity index (χ2n) is 6.44. The summed E-state index contributed by atoms with van der Waals surface area (Å²) in [6.45, 7) is 2.41. The Labute approximate surface area is 142 Å². The van der Waals surface area contributed by atoms with Gasteiger partial charge >= 0.3 is 12.0 Å². The highest BCUT2D eigenvalue weighted by Gasteiger charge is 2.55. The van der Waals surface area contributed by atoms with Crippen LogP contribution in [-0.4, -0.2) is 35.1 Å². The van der Waals surface area contributed by atoms with Gasteiger partial charge in [0.1, 0.15) is 5.82 Å². The summed E-state index contributed by atoms with van der Waals surface area (Å²) in [5, 5.41) is 12.1. The van der Waals surface area contributed by atoms with Crippen molar-refractivity contribution in [1.82, 2.24) is 4.90 Å². The van der Waals surface area contributed by atoms with Gasteiger partial charge in [0.15, 0.2) is 0 Å². The van der Waals surface area contributed by atoms with Crippen molar-refractivity contribution >= 4 is 33.6 Å². The fraction of sp³-hybridized carbons (Fsp3) is 0.500. The van der Waals surface area contributed by atoms with Gasteiger partial charge in [0.05, 0.1) is 11.1 Å². The number of anilines is 1. The average molecular weight is 385 g/mol. The molecule has 0 radical (unpaired) electrons. The Morgan fingerprint density at radius 3 is 2.87 bits per heavy atom. The molecule has 0 unspecified atom stereocenters. The number of urea groups is 1. The van der Waals surface area contributed by atoms with Crippen LogP contribution in [0.4, 0.5) is 14.9 Å². The van der Waals surface area contributed by atoms with E-state index in [0.29, 0.717) is 17.4 Å². The van der Waals surface area contributed by atoms with Crippen molar-refractivity contribution in [2.24, 2.45) is 11.3 Å². The molecule has 1 aromatic rings. The van der Waals surface area contributed by atoms with Gasteiger partial charge in [-0.15, -0.1) is 0 Å². The Balaban J connectivity index is 1.76. The zero-order chi connectivity index (χ0) is 16.8. The lowest BCUT2D eigenvalue weighted by Crippen LogP contribution is -2.38. The van der Waals surface area contributed by atoms with E-state index in [1.165, 1.54) is 11.0 Å². The molecule has 5 nitrogen and oxygen atoms in total. The topological polar surface area (TPSA) is 69.6 Å². The number of hydrogen-bond acceptors (Lipinski definition) is 2. The van der Waals surface area contributed by atoms with E-state index in [9.17, 15) is 19.1 Å². The number of carboxylic acids is 1. The molecule has 3 rings (SSSR count). The third kappa shape index (κ3) is 2.71. The third-order valence-corrected chi connectivity index (χ3v) is 5.93. The highest BCUT2D eigenvalue weighted by molar-refractivity contribution is 9.10. The molecule has 2 N–H and O–H groups in total. The number of nitrogens with one attached hydrogen (secondary N) is 1. The summed E-state index contributed by atoms with van der Waals surface area (Å²) in [7, 11) is 0. The Morgan fingerprint density at radius 2 is 2.22 bits per heavy atom. The van der Waals surface area contributed by atoms with E-state index in [1.807, 2.05) is 0 Å². The van der Waals surface area contributed by atoms with E-state index in [0.717, 1.165) is 18.4 Å². The van der Waals surface area contributed by atoms with E-state index in [-0.39, 0.29) is 18.2 Å². The molecule has 0 aromatic heterocycles. The fourth-order valence-corrected chi connectivity index (χ4v) is 4.06. The zero-order valence-electron chi connectivity index (χ0n) is 12.7. The number of benzene rings is 1. The molecule has 2 atom stereocenters. The van der Waals surface area contributed by atoms with Crippen LogP contribution in [0.25, 0.3) is 0 Å². The smallest absolute Gasteiger partial charge is 0.321 e. The monoisotopic (exact) mass is 384 g/mol. The fourth-order valence-electron chi connectivity index (χ4n) is 3.74. The second-order valence-corrected chi connectivity index (χ2v) is 7.30. The Morgan fingerprint density at radius 1 is 1.48 bits per heavy atom. The highest BCUT2D eigenvalue weighted by Crippen LogP contribution is 2.49. The van der Waals surface area contributed by atoms with Crippen molar-refractivity contribution in [2.75, 3.05) is 18.4 Å². The van der Waals surface area contributed by atoms with Gasteiger partial charge < -0.3 is 15.3 Å². The minimum atomic E-state index is -0.832. The number of aryl methyl sites for hydroxylation is 1. The Bertz CT molecular complexity index is 682. The quantitative estimate of drug-likeness (QED) is 0.817. The van der Waals surface area contributed by atoms with Crippen LogP contribution < -0.4 is 5.32 Å². The molecule has 0 bridgehead atoms. The number of carbonyl (C=O) groups excluding carboxylic acids is 1. The predicted molar refractivity (Wildman–Crippen MR) is 86.8 cm³/mol. The van der Waals surface area contributed by atoms with Crippen LogP contribution in [0.5, 0.6) is 0 Å². The second kappa shape index (κ2) is 5.78. The van der Waals surface area contributed by atoms with Crippen molar-refractivity contribution in [3.8, 4) is 0 Å². The lowest BCUT2D eigenvalue weighted by molar-refractivity contribution is -0.149. The van der Waals surface area contributed by atoms with Crippen LogP contribution in [0.2, 0.25) is 0 Å². The number of carbonyl (C=O) groups is 2. The van der Waals surface area contributed by atoms with Crippen LogP contribution >= 0.6 is 15.9 Å². The van der Waals surface area contributed by atoms with Gasteiger partial charge in [-0.1, -0.05) is 22.4 Å². The van der Waals surface area contributed by atoms with Gasteiger partial charge in [0.2, 0.25) is 0 Å². The Kier molecular flexibility index (Phi) is 4.08. The van der Waals surface area contributed by atoms with Crippen molar-refractivity contribution < 1.29 is 19.1 Å². The van der Waals surface area contributed by atoms with Crippen LogP contribution in [0, 0.1) is 24.1 Å². The number of hydrogen-bond donors (Lipinski definition) is 2. The number of rotatable bonds is 2. The molecule has 1 saturated carbocycles. The lowest BCUT2D eigenvalue weighted by Gasteiger charge is -2.23. The van der Waals surface area contributed by atoms with E-state index in [1.54, 1.807) is 13.0 Å². The SMILES string of the molecule is Cc1cc(NC(=O)N2C[C@@H]3CCC[C@@]3(C(=O)O)C2)c(F)cc1Br. The molecule has 1 aromatic carbocycles. The van der Waals surface area contributed by atoms with Gasteiger partial charge in [0, 0.05) is 17.6 Å². The van der Waals surface area contributed by atoms with Gasteiger partial charge in [-0.2, -0.15) is 0 Å². The summed E-state index contributed by atoms with van der Waals surface area (Å²) < 4.78 is 14.6. The van der Waals surface area contributed by atoms with Crippen molar-refractivity contribution in [3.63, 3.8) is 0 Å². The zero-order valence-corrected chi connectivity index (χ0v) is 14.3. The first-order valence-electron chi connectivity index (χ1n) is 7.58. The first-order chi connectivity index (χ1) is 10.8. The number of fused-ring (bicyclic) bond motifs is 1. The number of halogens is 2. The van der Waals surface area contributed by atoms with Gasteiger partial charge in [-0.3, -0.25) is 4.79 Å². The first-order valence-corrected chi connectivity index (χ1v) is 8.38. The lowest BCUT2D eigenvalue weighted by atomic mass is 9.81. The van der Waals surface area contributed by atoms with Gasteiger partial charge in [0.25, 0.3) is 0 Å². The molecule has 1 aliphatic heterocycles. The van der Waals surface area contributed by atoms with E-state index < -0.39 is 23.2 Å². The third-order valence-electron chi connectivity index (χ3n) is 5.07. The highest BCUT2D eigenvalue weighted by atomic mass is 79.9. The Hall–Kier alpha value is -1.63. The predicted octanol–water partition coefficient (Wildman–Crippen LogP) is 3.62. The molecule has 2 aliphatic rings. The molecule has 1 aliphatic carbocycles. The molecule has 0 spiro atoms.